The molecule has 0 spiro atoms. The molecule has 0 unspecified atom stereocenters. The molecule has 160 valence electrons. The first-order valence-corrected chi connectivity index (χ1v) is 11.0. The van der Waals surface area contributed by atoms with Crippen molar-refractivity contribution >= 4 is 22.2 Å². The standard InChI is InChI=1S/C23H22N2O5S/c1-3-29-22-15-18(16-24-25-23(26)19-7-5-4-6-8-19)11-14-21(22)30-31(27,28)20-12-9-17(2)10-13-20/h4-16H,3H2,1-2H3,(H,25,26)/b24-16-. The fourth-order valence-corrected chi connectivity index (χ4v) is 3.57. The highest BCUT2D eigenvalue weighted by molar-refractivity contribution is 7.87. The fourth-order valence-electron chi connectivity index (χ4n) is 2.63. The molecule has 0 saturated carbocycles. The highest BCUT2D eigenvalue weighted by atomic mass is 32.2. The second-order valence-electron chi connectivity index (χ2n) is 6.55. The molecule has 31 heavy (non-hydrogen) atoms. The van der Waals surface area contributed by atoms with Crippen LogP contribution in [-0.4, -0.2) is 27.1 Å². The summed E-state index contributed by atoms with van der Waals surface area (Å²) in [6, 6.07) is 19.7. The molecular formula is C23H22N2O5S. The fraction of sp³-hybridized carbons (Fsp3) is 0.130. The molecule has 0 aliphatic rings. The summed E-state index contributed by atoms with van der Waals surface area (Å²) in [5.74, 6) is -0.0320. The summed E-state index contributed by atoms with van der Waals surface area (Å²) < 4.78 is 36.0. The number of benzene rings is 3. The van der Waals surface area contributed by atoms with Gasteiger partial charge in [-0.2, -0.15) is 13.5 Å². The smallest absolute Gasteiger partial charge is 0.339 e. The Morgan fingerprint density at radius 1 is 1.00 bits per heavy atom. The number of hydrazone groups is 1. The van der Waals surface area contributed by atoms with Gasteiger partial charge in [-0.3, -0.25) is 4.79 Å². The Balaban J connectivity index is 1.76. The Bertz CT molecular complexity index is 1170. The largest absolute Gasteiger partial charge is 0.490 e. The lowest BCUT2D eigenvalue weighted by Gasteiger charge is -2.12. The number of rotatable bonds is 8. The van der Waals surface area contributed by atoms with E-state index in [-0.39, 0.29) is 22.3 Å². The van der Waals surface area contributed by atoms with Gasteiger partial charge in [0.2, 0.25) is 0 Å². The number of hydrogen-bond donors (Lipinski definition) is 1. The van der Waals surface area contributed by atoms with Gasteiger partial charge in [-0.1, -0.05) is 35.9 Å². The number of carbonyl (C=O) groups is 1. The lowest BCUT2D eigenvalue weighted by molar-refractivity contribution is 0.0955. The average molecular weight is 439 g/mol. The molecular weight excluding hydrogens is 416 g/mol. The van der Waals surface area contributed by atoms with E-state index >= 15 is 0 Å². The third kappa shape index (κ3) is 5.93. The van der Waals surface area contributed by atoms with Crippen LogP contribution in [0.2, 0.25) is 0 Å². The summed E-state index contributed by atoms with van der Waals surface area (Å²) in [6.07, 6.45) is 1.43. The van der Waals surface area contributed by atoms with Crippen molar-refractivity contribution in [1.82, 2.24) is 5.43 Å². The van der Waals surface area contributed by atoms with Gasteiger partial charge in [-0.15, -0.1) is 0 Å². The van der Waals surface area contributed by atoms with Crippen LogP contribution in [0.5, 0.6) is 11.5 Å². The van der Waals surface area contributed by atoms with Crippen LogP contribution in [-0.2, 0) is 10.1 Å². The van der Waals surface area contributed by atoms with E-state index in [0.29, 0.717) is 17.7 Å². The minimum atomic E-state index is -4.01. The summed E-state index contributed by atoms with van der Waals surface area (Å²) in [5.41, 5.74) is 4.46. The van der Waals surface area contributed by atoms with Crippen molar-refractivity contribution < 1.29 is 22.1 Å². The van der Waals surface area contributed by atoms with E-state index in [1.165, 1.54) is 24.4 Å². The summed E-state index contributed by atoms with van der Waals surface area (Å²) >= 11 is 0. The van der Waals surface area contributed by atoms with E-state index < -0.39 is 10.1 Å². The third-order valence-electron chi connectivity index (χ3n) is 4.19. The van der Waals surface area contributed by atoms with Gasteiger partial charge in [0.25, 0.3) is 5.91 Å². The quantitative estimate of drug-likeness (QED) is 0.327. The molecule has 0 aromatic heterocycles. The Morgan fingerprint density at radius 2 is 1.71 bits per heavy atom. The molecule has 3 aromatic rings. The lowest BCUT2D eigenvalue weighted by atomic mass is 10.2. The van der Waals surface area contributed by atoms with Crippen LogP contribution < -0.4 is 14.3 Å². The zero-order valence-corrected chi connectivity index (χ0v) is 17.9. The van der Waals surface area contributed by atoms with Crippen LogP contribution in [0.1, 0.15) is 28.4 Å². The number of ether oxygens (including phenoxy) is 1. The minimum Gasteiger partial charge on any atom is -0.490 e. The van der Waals surface area contributed by atoms with Crippen LogP contribution in [0.3, 0.4) is 0 Å². The number of amides is 1. The maximum atomic E-state index is 12.6. The van der Waals surface area contributed by atoms with Crippen molar-refractivity contribution in [3.8, 4) is 11.5 Å². The summed E-state index contributed by atoms with van der Waals surface area (Å²) in [7, 11) is -4.01. The molecule has 7 nitrogen and oxygen atoms in total. The molecule has 0 aliphatic heterocycles. The number of nitrogens with zero attached hydrogens (tertiary/aromatic N) is 1. The minimum absolute atomic E-state index is 0.0508. The van der Waals surface area contributed by atoms with E-state index in [1.54, 1.807) is 55.5 Å². The molecule has 0 fully saturated rings. The van der Waals surface area contributed by atoms with Crippen LogP contribution in [0.4, 0.5) is 0 Å². The van der Waals surface area contributed by atoms with Crippen molar-refractivity contribution in [3.63, 3.8) is 0 Å². The SMILES string of the molecule is CCOc1cc(/C=N\NC(=O)c2ccccc2)ccc1OS(=O)(=O)c1ccc(C)cc1. The van der Waals surface area contributed by atoms with Gasteiger partial charge < -0.3 is 8.92 Å². The third-order valence-corrected chi connectivity index (χ3v) is 5.44. The van der Waals surface area contributed by atoms with E-state index in [0.717, 1.165) is 5.56 Å². The second kappa shape index (κ2) is 9.90. The van der Waals surface area contributed by atoms with Crippen molar-refractivity contribution in [1.29, 1.82) is 0 Å². The zero-order chi connectivity index (χ0) is 22.3. The first kappa shape index (κ1) is 22.0. The number of carbonyl (C=O) groups excluding carboxylic acids is 1. The first-order valence-electron chi connectivity index (χ1n) is 9.55. The maximum Gasteiger partial charge on any atom is 0.339 e. The highest BCUT2D eigenvalue weighted by Crippen LogP contribution is 2.31. The van der Waals surface area contributed by atoms with Gasteiger partial charge >= 0.3 is 10.1 Å². The second-order valence-corrected chi connectivity index (χ2v) is 8.10. The molecule has 0 radical (unpaired) electrons. The molecule has 8 heteroatoms. The monoisotopic (exact) mass is 438 g/mol. The Kier molecular flexibility index (Phi) is 7.04. The molecule has 0 atom stereocenters. The van der Waals surface area contributed by atoms with Gasteiger partial charge in [0.1, 0.15) is 4.90 Å². The molecule has 3 rings (SSSR count). The first-order chi connectivity index (χ1) is 14.9. The van der Waals surface area contributed by atoms with Crippen molar-refractivity contribution in [2.75, 3.05) is 6.61 Å². The van der Waals surface area contributed by atoms with Gasteiger partial charge in [-0.05, 0) is 61.9 Å². The van der Waals surface area contributed by atoms with Gasteiger partial charge in [0, 0.05) is 5.56 Å². The molecule has 1 amide bonds. The van der Waals surface area contributed by atoms with E-state index in [2.05, 4.69) is 10.5 Å². The summed E-state index contributed by atoms with van der Waals surface area (Å²) in [5, 5.41) is 3.94. The van der Waals surface area contributed by atoms with Crippen LogP contribution in [0, 0.1) is 6.92 Å². The van der Waals surface area contributed by atoms with Crippen molar-refractivity contribution in [2.45, 2.75) is 18.7 Å². The summed E-state index contributed by atoms with van der Waals surface area (Å²) in [6.45, 7) is 3.96. The number of aryl methyl sites for hydroxylation is 1. The Morgan fingerprint density at radius 3 is 2.39 bits per heavy atom. The van der Waals surface area contributed by atoms with E-state index in [1.807, 2.05) is 13.0 Å². The van der Waals surface area contributed by atoms with Crippen LogP contribution in [0.25, 0.3) is 0 Å². The van der Waals surface area contributed by atoms with Crippen molar-refractivity contribution in [2.24, 2.45) is 5.10 Å². The Labute approximate surface area is 181 Å². The van der Waals surface area contributed by atoms with Gasteiger partial charge in [-0.25, -0.2) is 5.43 Å². The van der Waals surface area contributed by atoms with Gasteiger partial charge in [0.15, 0.2) is 11.5 Å². The number of nitrogens with one attached hydrogen (secondary N) is 1. The zero-order valence-electron chi connectivity index (χ0n) is 17.1. The topological polar surface area (TPSA) is 94.1 Å². The van der Waals surface area contributed by atoms with Crippen molar-refractivity contribution in [3.05, 3.63) is 89.5 Å². The molecule has 0 aliphatic carbocycles. The van der Waals surface area contributed by atoms with E-state index in [9.17, 15) is 13.2 Å². The maximum absolute atomic E-state index is 12.6. The van der Waals surface area contributed by atoms with E-state index in [4.69, 9.17) is 8.92 Å². The molecule has 3 aromatic carbocycles. The molecule has 0 bridgehead atoms. The average Bonchev–Trinajstić information content (AvgIpc) is 2.76. The number of hydrogen-bond acceptors (Lipinski definition) is 6. The predicted octanol–water partition coefficient (Wildman–Crippen LogP) is 3.93. The summed E-state index contributed by atoms with van der Waals surface area (Å²) in [4.78, 5) is 12.1. The van der Waals surface area contributed by atoms with Crippen LogP contribution in [0.15, 0.2) is 82.8 Å². The Hall–Kier alpha value is -3.65. The molecule has 0 saturated heterocycles. The molecule has 0 heterocycles. The lowest BCUT2D eigenvalue weighted by Crippen LogP contribution is -2.17. The predicted molar refractivity (Wildman–Crippen MR) is 118 cm³/mol. The van der Waals surface area contributed by atoms with Gasteiger partial charge in [0.05, 0.1) is 12.8 Å². The van der Waals surface area contributed by atoms with Crippen LogP contribution >= 0.6 is 0 Å². The normalized spacial score (nSPS) is 11.3. The molecule has 1 N–H and O–H groups in total. The highest BCUT2D eigenvalue weighted by Gasteiger charge is 2.19.